The Hall–Kier alpha value is -3.26. The normalized spacial score (nSPS) is 16.2. The number of carbonyl (C=O) groups excluding carboxylic acids is 1. The Morgan fingerprint density at radius 2 is 1.96 bits per heavy atom. The molecule has 3 rings (SSSR count). The third kappa shape index (κ3) is 3.86. The molecule has 28 heavy (non-hydrogen) atoms. The highest BCUT2D eigenvalue weighted by Crippen LogP contribution is 2.35. The molecule has 2 aromatic rings. The SMILES string of the molecule is CCOc1ccc(C2NC(=S)NC(C)=C2C(=O)c2ccccc2)cc1[N+](=O)[O-]. The minimum Gasteiger partial charge on any atom is -0.487 e. The lowest BCUT2D eigenvalue weighted by atomic mass is 9.89. The van der Waals surface area contributed by atoms with E-state index in [1.807, 2.05) is 6.07 Å². The molecule has 0 aliphatic carbocycles. The largest absolute Gasteiger partial charge is 0.487 e. The number of carbonyl (C=O) groups is 1. The van der Waals surface area contributed by atoms with E-state index in [9.17, 15) is 14.9 Å². The van der Waals surface area contributed by atoms with Crippen molar-refractivity contribution in [3.63, 3.8) is 0 Å². The summed E-state index contributed by atoms with van der Waals surface area (Å²) in [4.78, 5) is 24.1. The molecule has 0 fully saturated rings. The zero-order valence-electron chi connectivity index (χ0n) is 15.4. The number of nitrogens with one attached hydrogen (secondary N) is 2. The Morgan fingerprint density at radius 3 is 2.61 bits per heavy atom. The molecule has 144 valence electrons. The van der Waals surface area contributed by atoms with Gasteiger partial charge < -0.3 is 15.4 Å². The number of thiocarbonyl (C=S) groups is 1. The molecule has 1 aliphatic rings. The van der Waals surface area contributed by atoms with Crippen molar-refractivity contribution in [2.45, 2.75) is 19.9 Å². The Kier molecular flexibility index (Phi) is 5.70. The number of nitrogens with zero attached hydrogens (tertiary/aromatic N) is 1. The van der Waals surface area contributed by atoms with E-state index in [-0.39, 0.29) is 17.2 Å². The van der Waals surface area contributed by atoms with E-state index >= 15 is 0 Å². The molecule has 8 heteroatoms. The number of ketones is 1. The average molecular weight is 397 g/mol. The maximum Gasteiger partial charge on any atom is 0.311 e. The third-order valence-electron chi connectivity index (χ3n) is 4.36. The molecule has 1 aliphatic heterocycles. The Balaban J connectivity index is 2.09. The smallest absolute Gasteiger partial charge is 0.311 e. The van der Waals surface area contributed by atoms with Gasteiger partial charge in [0.15, 0.2) is 16.6 Å². The summed E-state index contributed by atoms with van der Waals surface area (Å²) in [6.07, 6.45) is 0. The van der Waals surface area contributed by atoms with Crippen molar-refractivity contribution in [3.05, 3.63) is 81.0 Å². The second kappa shape index (κ2) is 8.18. The molecule has 0 spiro atoms. The summed E-state index contributed by atoms with van der Waals surface area (Å²) in [5.74, 6) is 0.00605. The van der Waals surface area contributed by atoms with Crippen LogP contribution in [0.5, 0.6) is 5.75 Å². The van der Waals surface area contributed by atoms with Gasteiger partial charge in [0.05, 0.1) is 17.6 Å². The molecule has 0 saturated carbocycles. The second-order valence-electron chi connectivity index (χ2n) is 6.18. The molecule has 0 amide bonds. The van der Waals surface area contributed by atoms with Gasteiger partial charge in [-0.15, -0.1) is 0 Å². The van der Waals surface area contributed by atoms with Crippen LogP contribution < -0.4 is 15.4 Å². The van der Waals surface area contributed by atoms with Crippen LogP contribution >= 0.6 is 12.2 Å². The van der Waals surface area contributed by atoms with Gasteiger partial charge in [-0.05, 0) is 37.7 Å². The van der Waals surface area contributed by atoms with Gasteiger partial charge in [-0.1, -0.05) is 36.4 Å². The Bertz CT molecular complexity index is 973. The molecule has 7 nitrogen and oxygen atoms in total. The quantitative estimate of drug-likeness (QED) is 0.332. The van der Waals surface area contributed by atoms with Crippen LogP contribution in [0.25, 0.3) is 0 Å². The minimum absolute atomic E-state index is 0.158. The van der Waals surface area contributed by atoms with E-state index in [4.69, 9.17) is 17.0 Å². The topological polar surface area (TPSA) is 93.5 Å². The molecule has 1 unspecified atom stereocenters. The molecule has 2 N–H and O–H groups in total. The van der Waals surface area contributed by atoms with E-state index in [1.165, 1.54) is 6.07 Å². The number of Topliss-reactive ketones (excluding diaryl/α,β-unsaturated/α-hetero) is 1. The minimum atomic E-state index is -0.615. The molecule has 0 radical (unpaired) electrons. The van der Waals surface area contributed by atoms with Crippen molar-refractivity contribution < 1.29 is 14.5 Å². The average Bonchev–Trinajstić information content (AvgIpc) is 2.68. The Morgan fingerprint density at radius 1 is 1.25 bits per heavy atom. The second-order valence-corrected chi connectivity index (χ2v) is 6.59. The Labute approximate surface area is 167 Å². The molecule has 1 heterocycles. The summed E-state index contributed by atoms with van der Waals surface area (Å²) in [5, 5.41) is 17.9. The maximum atomic E-state index is 13.1. The lowest BCUT2D eigenvalue weighted by Gasteiger charge is -2.30. The van der Waals surface area contributed by atoms with Crippen LogP contribution in [0.4, 0.5) is 5.69 Å². The molecule has 0 aromatic heterocycles. The third-order valence-corrected chi connectivity index (χ3v) is 4.58. The highest BCUT2D eigenvalue weighted by Gasteiger charge is 2.32. The van der Waals surface area contributed by atoms with Gasteiger partial charge in [0.2, 0.25) is 0 Å². The van der Waals surface area contributed by atoms with Gasteiger partial charge in [0, 0.05) is 22.9 Å². The molecular formula is C20H19N3O4S. The number of hydrogen-bond donors (Lipinski definition) is 2. The molecule has 0 saturated heterocycles. The van der Waals surface area contributed by atoms with Crippen molar-refractivity contribution in [2.75, 3.05) is 6.61 Å². The van der Waals surface area contributed by atoms with Crippen molar-refractivity contribution in [1.82, 2.24) is 10.6 Å². The van der Waals surface area contributed by atoms with Crippen molar-refractivity contribution >= 4 is 28.8 Å². The molecular weight excluding hydrogens is 378 g/mol. The van der Waals surface area contributed by atoms with Gasteiger partial charge in [0.1, 0.15) is 0 Å². The first-order valence-electron chi connectivity index (χ1n) is 8.71. The first-order valence-corrected chi connectivity index (χ1v) is 9.12. The first-order chi connectivity index (χ1) is 13.4. The number of nitro benzene ring substituents is 1. The maximum absolute atomic E-state index is 13.1. The van der Waals surface area contributed by atoms with Crippen LogP contribution in [0.3, 0.4) is 0 Å². The van der Waals surface area contributed by atoms with Crippen molar-refractivity contribution in [3.8, 4) is 5.75 Å². The van der Waals surface area contributed by atoms with Gasteiger partial charge in [-0.3, -0.25) is 14.9 Å². The van der Waals surface area contributed by atoms with Gasteiger partial charge in [-0.25, -0.2) is 0 Å². The summed E-state index contributed by atoms with van der Waals surface area (Å²) in [7, 11) is 0. The van der Waals surface area contributed by atoms with Crippen molar-refractivity contribution in [2.24, 2.45) is 0 Å². The first kappa shape index (κ1) is 19.5. The zero-order valence-corrected chi connectivity index (χ0v) is 16.2. The van der Waals surface area contributed by atoms with E-state index in [0.29, 0.717) is 34.1 Å². The highest BCUT2D eigenvalue weighted by molar-refractivity contribution is 7.80. The highest BCUT2D eigenvalue weighted by atomic mass is 32.1. The van der Waals surface area contributed by atoms with Gasteiger partial charge in [0.25, 0.3) is 0 Å². The molecule has 0 bridgehead atoms. The fourth-order valence-corrected chi connectivity index (χ4v) is 3.40. The number of hydrogen-bond acceptors (Lipinski definition) is 5. The molecule has 2 aromatic carbocycles. The van der Waals surface area contributed by atoms with Crippen LogP contribution in [0.15, 0.2) is 59.8 Å². The lowest BCUT2D eigenvalue weighted by Crippen LogP contribution is -2.44. The zero-order chi connectivity index (χ0) is 20.3. The standard InChI is InChI=1S/C20H19N3O4S/c1-3-27-16-10-9-14(11-15(16)23(25)26)18-17(12(2)21-20(28)22-18)19(24)13-7-5-4-6-8-13/h4-11,18H,3H2,1-2H3,(H2,21,22,28). The summed E-state index contributed by atoms with van der Waals surface area (Å²) in [5.41, 5.74) is 1.99. The molecule has 1 atom stereocenters. The predicted molar refractivity (Wildman–Crippen MR) is 109 cm³/mol. The number of nitro groups is 1. The van der Waals surface area contributed by atoms with Crippen molar-refractivity contribution in [1.29, 1.82) is 0 Å². The summed E-state index contributed by atoms with van der Waals surface area (Å²) < 4.78 is 5.35. The number of ether oxygens (including phenoxy) is 1. The number of rotatable bonds is 6. The lowest BCUT2D eigenvalue weighted by molar-refractivity contribution is -0.385. The van der Waals surface area contributed by atoms with Crippen LogP contribution in [0.2, 0.25) is 0 Å². The summed E-state index contributed by atoms with van der Waals surface area (Å²) >= 11 is 5.24. The van der Waals surface area contributed by atoms with Gasteiger partial charge in [-0.2, -0.15) is 0 Å². The summed E-state index contributed by atoms with van der Waals surface area (Å²) in [6, 6.07) is 12.9. The van der Waals surface area contributed by atoms with E-state index in [0.717, 1.165) is 0 Å². The number of allylic oxidation sites excluding steroid dienone is 1. The van der Waals surface area contributed by atoms with E-state index in [1.54, 1.807) is 50.2 Å². The fourth-order valence-electron chi connectivity index (χ4n) is 3.12. The van der Waals surface area contributed by atoms with Crippen LogP contribution in [-0.2, 0) is 0 Å². The predicted octanol–water partition coefficient (Wildman–Crippen LogP) is 3.67. The number of benzene rings is 2. The van der Waals surface area contributed by atoms with Crippen LogP contribution in [-0.4, -0.2) is 22.4 Å². The van der Waals surface area contributed by atoms with Gasteiger partial charge >= 0.3 is 5.69 Å². The van der Waals surface area contributed by atoms with Crippen LogP contribution in [0, 0.1) is 10.1 Å². The van der Waals surface area contributed by atoms with E-state index in [2.05, 4.69) is 10.6 Å². The van der Waals surface area contributed by atoms with Crippen LogP contribution in [0.1, 0.15) is 35.8 Å². The fraction of sp³-hybridized carbons (Fsp3) is 0.200. The summed E-state index contributed by atoms with van der Waals surface area (Å²) in [6.45, 7) is 3.83. The van der Waals surface area contributed by atoms with E-state index < -0.39 is 11.0 Å². The monoisotopic (exact) mass is 397 g/mol.